The molecule has 1 unspecified atom stereocenters. The molecular formula is C19H27Cl2NO5S2. The minimum absolute atomic E-state index is 0.00705. The van der Waals surface area contributed by atoms with E-state index in [1.54, 1.807) is 6.07 Å². The lowest BCUT2D eigenvalue weighted by Crippen LogP contribution is -2.43. The average Bonchev–Trinajstić information content (AvgIpc) is 2.59. The number of halogens is 2. The van der Waals surface area contributed by atoms with Gasteiger partial charge in [-0.1, -0.05) is 23.2 Å². The van der Waals surface area contributed by atoms with Crippen LogP contribution < -0.4 is 0 Å². The second-order valence-corrected chi connectivity index (χ2v) is 11.6. The molecule has 1 aromatic carbocycles. The Labute approximate surface area is 187 Å². The Morgan fingerprint density at radius 3 is 2.62 bits per heavy atom. The van der Waals surface area contributed by atoms with Crippen LogP contribution in [0.1, 0.15) is 35.2 Å². The van der Waals surface area contributed by atoms with Gasteiger partial charge in [0.25, 0.3) is 0 Å². The van der Waals surface area contributed by atoms with Crippen LogP contribution in [0.2, 0.25) is 10.0 Å². The van der Waals surface area contributed by atoms with Crippen LogP contribution in [0, 0.1) is 6.92 Å². The molecule has 1 aliphatic rings. The number of likely N-dealkylation sites (N-methyl/N-ethyl adjacent to an activating group) is 1. The number of thioether (sulfide) groups is 1. The second kappa shape index (κ2) is 10.3. The molecule has 0 N–H and O–H groups in total. The molecule has 0 saturated heterocycles. The molecule has 1 atom stereocenters. The molecule has 6 nitrogen and oxygen atoms in total. The van der Waals surface area contributed by atoms with Crippen LogP contribution in [0.25, 0.3) is 0 Å². The topological polar surface area (TPSA) is 83.5 Å². The van der Waals surface area contributed by atoms with Gasteiger partial charge >= 0.3 is 0 Å². The molecule has 1 aliphatic heterocycles. The first-order chi connectivity index (χ1) is 13.4. The average molecular weight is 484 g/mol. The fourth-order valence-corrected chi connectivity index (χ4v) is 5.66. The first-order valence-electron chi connectivity index (χ1n) is 9.41. The minimum atomic E-state index is -4.14. The smallest absolute Gasteiger partial charge is 0.166 e. The number of aryl methyl sites for hydroxylation is 1. The summed E-state index contributed by atoms with van der Waals surface area (Å²) in [5, 5.41) is 1.01. The summed E-state index contributed by atoms with van der Waals surface area (Å²) >= 11 is 14.2. The van der Waals surface area contributed by atoms with Crippen LogP contribution in [0.5, 0.6) is 0 Å². The number of quaternary nitrogens is 1. The zero-order valence-electron chi connectivity index (χ0n) is 16.9. The van der Waals surface area contributed by atoms with Crippen LogP contribution in [-0.2, 0) is 14.9 Å². The van der Waals surface area contributed by atoms with Gasteiger partial charge in [-0.15, -0.1) is 11.8 Å². The standard InChI is InChI=1S/C19H27Cl2NO5S2/c1-13-10-15(20)19-17(18(13)21)16(23)11-14(28-19)12-27-8-7-22(2,3)6-4-5-9-29(24,25)26/h10,14H,4-9,11-12H2,1-3H3. The quantitative estimate of drug-likeness (QED) is 0.286. The van der Waals surface area contributed by atoms with Gasteiger partial charge in [-0.25, -0.2) is 8.42 Å². The summed E-state index contributed by atoms with van der Waals surface area (Å²) in [6.07, 6.45) is 1.40. The highest BCUT2D eigenvalue weighted by Gasteiger charge is 2.30. The molecule has 0 aliphatic carbocycles. The number of nitrogens with zero attached hydrogens (tertiary/aromatic N) is 1. The fraction of sp³-hybridized carbons (Fsp3) is 0.632. The van der Waals surface area contributed by atoms with Crippen molar-refractivity contribution >= 4 is 50.9 Å². The summed E-state index contributed by atoms with van der Waals surface area (Å²) in [6.45, 7) is 4.30. The summed E-state index contributed by atoms with van der Waals surface area (Å²) in [5.74, 6) is -0.323. The highest BCUT2D eigenvalue weighted by atomic mass is 35.5. The van der Waals surface area contributed by atoms with E-state index in [4.69, 9.17) is 27.9 Å². The molecular weight excluding hydrogens is 457 g/mol. The van der Waals surface area contributed by atoms with Crippen LogP contribution in [0.4, 0.5) is 0 Å². The van der Waals surface area contributed by atoms with Crippen LogP contribution in [-0.4, -0.2) is 74.6 Å². The van der Waals surface area contributed by atoms with Gasteiger partial charge in [0.05, 0.1) is 59.6 Å². The number of unbranched alkanes of at least 4 members (excludes halogenated alkanes) is 1. The van der Waals surface area contributed by atoms with Crippen molar-refractivity contribution < 1.29 is 27.0 Å². The molecule has 10 heteroatoms. The Balaban J connectivity index is 1.79. The molecule has 29 heavy (non-hydrogen) atoms. The third-order valence-electron chi connectivity index (χ3n) is 4.88. The summed E-state index contributed by atoms with van der Waals surface area (Å²) in [5.41, 5.74) is 1.32. The maximum atomic E-state index is 12.6. The van der Waals surface area contributed by atoms with E-state index < -0.39 is 10.1 Å². The monoisotopic (exact) mass is 483 g/mol. The van der Waals surface area contributed by atoms with Crippen molar-refractivity contribution in [2.75, 3.05) is 46.2 Å². The number of benzene rings is 1. The van der Waals surface area contributed by atoms with Gasteiger partial charge in [0.1, 0.15) is 6.54 Å². The van der Waals surface area contributed by atoms with Gasteiger partial charge in [-0.2, -0.15) is 0 Å². The summed E-state index contributed by atoms with van der Waals surface area (Å²) in [4.78, 5) is 13.3. The highest BCUT2D eigenvalue weighted by molar-refractivity contribution is 8.00. The lowest BCUT2D eigenvalue weighted by Gasteiger charge is -2.30. The van der Waals surface area contributed by atoms with Gasteiger partial charge in [-0.05, 0) is 31.4 Å². The number of hydrogen-bond acceptors (Lipinski definition) is 6. The molecule has 0 radical (unpaired) electrons. The Hall–Kier alpha value is -0.350. The Morgan fingerprint density at radius 1 is 1.28 bits per heavy atom. The Bertz CT molecular complexity index is 859. The van der Waals surface area contributed by atoms with Gasteiger partial charge in [0, 0.05) is 22.3 Å². The van der Waals surface area contributed by atoms with Gasteiger partial charge in [0.2, 0.25) is 0 Å². The fourth-order valence-electron chi connectivity index (χ4n) is 3.17. The van der Waals surface area contributed by atoms with Crippen LogP contribution in [0.3, 0.4) is 0 Å². The van der Waals surface area contributed by atoms with Crippen LogP contribution in [0.15, 0.2) is 11.0 Å². The normalized spacial score (nSPS) is 17.4. The predicted molar refractivity (Wildman–Crippen MR) is 116 cm³/mol. The van der Waals surface area contributed by atoms with E-state index in [0.717, 1.165) is 23.5 Å². The lowest BCUT2D eigenvalue weighted by molar-refractivity contribution is -0.890. The number of ether oxygens (including phenoxy) is 1. The molecule has 1 aromatic rings. The van der Waals surface area contributed by atoms with Crippen LogP contribution >= 0.6 is 35.0 Å². The van der Waals surface area contributed by atoms with E-state index in [0.29, 0.717) is 52.6 Å². The molecule has 164 valence electrons. The third kappa shape index (κ3) is 7.69. The first-order valence-corrected chi connectivity index (χ1v) is 12.6. The first kappa shape index (κ1) is 24.9. The predicted octanol–water partition coefficient (Wildman–Crippen LogP) is 3.77. The molecule has 0 fully saturated rings. The van der Waals surface area contributed by atoms with E-state index in [-0.39, 0.29) is 16.8 Å². The van der Waals surface area contributed by atoms with Gasteiger partial charge in [0.15, 0.2) is 5.78 Å². The molecule has 1 heterocycles. The van der Waals surface area contributed by atoms with Crippen molar-refractivity contribution in [1.29, 1.82) is 0 Å². The van der Waals surface area contributed by atoms with Crippen molar-refractivity contribution in [2.24, 2.45) is 0 Å². The summed E-state index contributed by atoms with van der Waals surface area (Å²) < 4.78 is 38.4. The zero-order valence-corrected chi connectivity index (χ0v) is 20.0. The second-order valence-electron chi connectivity index (χ2n) is 7.99. The van der Waals surface area contributed by atoms with E-state index in [9.17, 15) is 17.8 Å². The molecule has 0 spiro atoms. The summed E-state index contributed by atoms with van der Waals surface area (Å²) in [7, 11) is -0.0664. The van der Waals surface area contributed by atoms with Crippen molar-refractivity contribution in [3.05, 3.63) is 27.2 Å². The number of ketones is 1. The maximum Gasteiger partial charge on any atom is 0.166 e. The van der Waals surface area contributed by atoms with Crippen molar-refractivity contribution in [2.45, 2.75) is 36.3 Å². The largest absolute Gasteiger partial charge is 0.748 e. The van der Waals surface area contributed by atoms with E-state index in [1.807, 2.05) is 21.0 Å². The van der Waals surface area contributed by atoms with E-state index >= 15 is 0 Å². The number of Topliss-reactive ketones (excluding diaryl/α,β-unsaturated/α-hetero) is 1. The number of rotatable bonds is 10. The number of fused-ring (bicyclic) bond motifs is 1. The van der Waals surface area contributed by atoms with E-state index in [1.165, 1.54) is 11.8 Å². The van der Waals surface area contributed by atoms with Crippen molar-refractivity contribution in [3.8, 4) is 0 Å². The number of carbonyl (C=O) groups excluding carboxylic acids is 1. The third-order valence-corrected chi connectivity index (χ3v) is 7.86. The van der Waals surface area contributed by atoms with Gasteiger partial charge in [-0.3, -0.25) is 4.79 Å². The molecule has 2 rings (SSSR count). The van der Waals surface area contributed by atoms with Crippen molar-refractivity contribution in [3.63, 3.8) is 0 Å². The summed E-state index contributed by atoms with van der Waals surface area (Å²) in [6, 6.07) is 1.78. The molecule has 0 aromatic heterocycles. The molecule has 0 bridgehead atoms. The number of carbonyl (C=O) groups is 1. The lowest BCUT2D eigenvalue weighted by atomic mass is 10.0. The minimum Gasteiger partial charge on any atom is -0.748 e. The van der Waals surface area contributed by atoms with Crippen molar-refractivity contribution in [1.82, 2.24) is 0 Å². The van der Waals surface area contributed by atoms with Gasteiger partial charge < -0.3 is 13.8 Å². The zero-order chi connectivity index (χ0) is 21.8. The van der Waals surface area contributed by atoms with E-state index in [2.05, 4.69) is 0 Å². The highest BCUT2D eigenvalue weighted by Crippen LogP contribution is 2.44. The number of hydrogen-bond donors (Lipinski definition) is 0. The molecule has 0 saturated carbocycles. The SMILES string of the molecule is Cc1cc(Cl)c2c(c1Cl)C(=O)CC(COCC[N+](C)(C)CCCCS(=O)(=O)[O-])S2. The maximum absolute atomic E-state index is 12.6. The Kier molecular flexibility index (Phi) is 8.86. The molecule has 0 amide bonds. The Morgan fingerprint density at radius 2 is 1.97 bits per heavy atom.